The third-order valence-electron chi connectivity index (χ3n) is 1.90. The van der Waals surface area contributed by atoms with Crippen LogP contribution in [-0.2, 0) is 6.42 Å². The van der Waals surface area contributed by atoms with Gasteiger partial charge >= 0.3 is 0 Å². The average molecular weight is 179 g/mol. The van der Waals surface area contributed by atoms with Crippen molar-refractivity contribution in [2.24, 2.45) is 0 Å². The van der Waals surface area contributed by atoms with Crippen molar-refractivity contribution in [1.29, 1.82) is 5.26 Å². The number of hydrogen-bond donors (Lipinski definition) is 1. The molecule has 0 aliphatic rings. The van der Waals surface area contributed by atoms with Gasteiger partial charge in [0.15, 0.2) is 0 Å². The molecule has 0 aliphatic carbocycles. The van der Waals surface area contributed by atoms with Crippen LogP contribution in [0.4, 0.5) is 4.39 Å². The first kappa shape index (κ1) is 9.53. The highest BCUT2D eigenvalue weighted by Gasteiger charge is 2.05. The van der Waals surface area contributed by atoms with E-state index in [1.54, 1.807) is 0 Å². The van der Waals surface area contributed by atoms with Crippen molar-refractivity contribution in [3.63, 3.8) is 0 Å². The summed E-state index contributed by atoms with van der Waals surface area (Å²) in [5.74, 6) is -0.471. The maximum absolute atomic E-state index is 13.0. The fourth-order valence-electron chi connectivity index (χ4n) is 1.06. The number of aromatic hydroxyl groups is 1. The molecule has 0 saturated heterocycles. The lowest BCUT2D eigenvalue weighted by molar-refractivity contribution is 0.462. The maximum Gasteiger partial charge on any atom is 0.130 e. The summed E-state index contributed by atoms with van der Waals surface area (Å²) in [5, 5.41) is 17.6. The van der Waals surface area contributed by atoms with Crippen LogP contribution < -0.4 is 0 Å². The molecule has 2 nitrogen and oxygen atoms in total. The Hall–Kier alpha value is -1.56. The number of nitrogens with zero attached hydrogens (tertiary/aromatic N) is 1. The summed E-state index contributed by atoms with van der Waals surface area (Å²) in [5.41, 5.74) is 0.905. The van der Waals surface area contributed by atoms with Crippen LogP contribution in [0.15, 0.2) is 12.1 Å². The van der Waals surface area contributed by atoms with Crippen molar-refractivity contribution in [3.8, 4) is 11.8 Å². The van der Waals surface area contributed by atoms with E-state index < -0.39 is 5.82 Å². The number of nitriles is 1. The second-order valence-electron chi connectivity index (χ2n) is 2.88. The molecule has 0 aromatic heterocycles. The Labute approximate surface area is 76.2 Å². The first-order chi connectivity index (χ1) is 6.15. The van der Waals surface area contributed by atoms with Gasteiger partial charge in [0.1, 0.15) is 11.6 Å². The highest BCUT2D eigenvalue weighted by atomic mass is 19.1. The molecule has 1 N–H and O–H groups in total. The average Bonchev–Trinajstić information content (AvgIpc) is 2.10. The molecule has 0 fully saturated rings. The summed E-state index contributed by atoms with van der Waals surface area (Å²) < 4.78 is 13.0. The molecular weight excluding hydrogens is 169 g/mol. The van der Waals surface area contributed by atoms with Gasteiger partial charge in [-0.2, -0.15) is 5.26 Å². The standard InChI is InChI=1S/C10H10FNO/c1-7-9(11)5-8(3-2-4-12)6-10(7)13/h5-6,13H,2-3H2,1H3. The van der Waals surface area contributed by atoms with Crippen molar-refractivity contribution >= 4 is 0 Å². The predicted molar refractivity (Wildman–Crippen MR) is 46.7 cm³/mol. The molecule has 3 heteroatoms. The van der Waals surface area contributed by atoms with Gasteiger partial charge in [0, 0.05) is 12.0 Å². The van der Waals surface area contributed by atoms with E-state index in [4.69, 9.17) is 5.26 Å². The molecule has 0 bridgehead atoms. The van der Waals surface area contributed by atoms with E-state index in [9.17, 15) is 9.50 Å². The molecular formula is C10H10FNO. The number of phenols is 1. The summed E-state index contributed by atoms with van der Waals surface area (Å²) in [6.45, 7) is 1.51. The Balaban J connectivity index is 2.94. The highest BCUT2D eigenvalue weighted by molar-refractivity contribution is 5.36. The Morgan fingerprint density at radius 1 is 1.54 bits per heavy atom. The van der Waals surface area contributed by atoms with E-state index >= 15 is 0 Å². The van der Waals surface area contributed by atoms with Gasteiger partial charge in [0.2, 0.25) is 0 Å². The Kier molecular flexibility index (Phi) is 2.86. The topological polar surface area (TPSA) is 44.0 Å². The quantitative estimate of drug-likeness (QED) is 0.756. The van der Waals surface area contributed by atoms with Crippen LogP contribution in [0.2, 0.25) is 0 Å². The fourth-order valence-corrected chi connectivity index (χ4v) is 1.06. The van der Waals surface area contributed by atoms with Gasteiger partial charge in [-0.15, -0.1) is 0 Å². The molecule has 0 saturated carbocycles. The van der Waals surface area contributed by atoms with Crippen molar-refractivity contribution in [1.82, 2.24) is 0 Å². The van der Waals surface area contributed by atoms with Crippen molar-refractivity contribution in [2.75, 3.05) is 0 Å². The Morgan fingerprint density at radius 2 is 2.23 bits per heavy atom. The number of rotatable bonds is 2. The summed E-state index contributed by atoms with van der Waals surface area (Å²) in [6, 6.07) is 4.81. The van der Waals surface area contributed by atoms with E-state index in [2.05, 4.69) is 0 Å². The van der Waals surface area contributed by atoms with Crippen LogP contribution in [0.5, 0.6) is 5.75 Å². The fraction of sp³-hybridized carbons (Fsp3) is 0.300. The molecule has 0 amide bonds. The minimum Gasteiger partial charge on any atom is -0.508 e. The smallest absolute Gasteiger partial charge is 0.130 e. The van der Waals surface area contributed by atoms with Gasteiger partial charge in [-0.25, -0.2) is 4.39 Å². The molecule has 0 atom stereocenters. The molecule has 0 unspecified atom stereocenters. The van der Waals surface area contributed by atoms with Gasteiger partial charge in [-0.1, -0.05) is 0 Å². The summed E-state index contributed by atoms with van der Waals surface area (Å²) in [4.78, 5) is 0. The molecule has 1 aromatic carbocycles. The molecule has 0 aliphatic heterocycles. The van der Waals surface area contributed by atoms with Crippen LogP contribution in [0, 0.1) is 24.1 Å². The third-order valence-corrected chi connectivity index (χ3v) is 1.90. The van der Waals surface area contributed by atoms with E-state index in [1.165, 1.54) is 19.1 Å². The number of benzene rings is 1. The number of phenolic OH excluding ortho intramolecular Hbond substituents is 1. The minimum absolute atomic E-state index is 0.0482. The van der Waals surface area contributed by atoms with Crippen LogP contribution in [0.1, 0.15) is 17.5 Å². The Bertz CT molecular complexity index is 331. The zero-order chi connectivity index (χ0) is 9.84. The van der Waals surface area contributed by atoms with Gasteiger partial charge in [0.05, 0.1) is 6.07 Å². The molecule has 1 rings (SSSR count). The monoisotopic (exact) mass is 179 g/mol. The maximum atomic E-state index is 13.0. The number of aryl methyl sites for hydroxylation is 1. The minimum atomic E-state index is -0.423. The molecule has 0 radical (unpaired) electrons. The lowest BCUT2D eigenvalue weighted by Gasteiger charge is -2.03. The van der Waals surface area contributed by atoms with Crippen LogP contribution >= 0.6 is 0 Å². The van der Waals surface area contributed by atoms with Crippen molar-refractivity contribution < 1.29 is 9.50 Å². The first-order valence-corrected chi connectivity index (χ1v) is 4.00. The van der Waals surface area contributed by atoms with Crippen molar-refractivity contribution in [3.05, 3.63) is 29.1 Å². The zero-order valence-electron chi connectivity index (χ0n) is 7.34. The van der Waals surface area contributed by atoms with E-state index in [0.29, 0.717) is 18.4 Å². The van der Waals surface area contributed by atoms with Gasteiger partial charge < -0.3 is 5.11 Å². The molecule has 13 heavy (non-hydrogen) atoms. The second-order valence-corrected chi connectivity index (χ2v) is 2.88. The van der Waals surface area contributed by atoms with E-state index in [0.717, 1.165) is 0 Å². The molecule has 0 spiro atoms. The summed E-state index contributed by atoms with van der Waals surface area (Å²) in [6.07, 6.45) is 0.809. The highest BCUT2D eigenvalue weighted by Crippen LogP contribution is 2.21. The van der Waals surface area contributed by atoms with Crippen LogP contribution in [0.3, 0.4) is 0 Å². The Morgan fingerprint density at radius 3 is 2.77 bits per heavy atom. The number of hydrogen-bond acceptors (Lipinski definition) is 2. The SMILES string of the molecule is Cc1c(O)cc(CCC#N)cc1F. The first-order valence-electron chi connectivity index (χ1n) is 4.00. The zero-order valence-corrected chi connectivity index (χ0v) is 7.34. The van der Waals surface area contributed by atoms with Gasteiger partial charge in [-0.3, -0.25) is 0 Å². The van der Waals surface area contributed by atoms with E-state index in [1.807, 2.05) is 6.07 Å². The van der Waals surface area contributed by atoms with Gasteiger partial charge in [-0.05, 0) is 31.0 Å². The van der Waals surface area contributed by atoms with Crippen LogP contribution in [-0.4, -0.2) is 5.11 Å². The third kappa shape index (κ3) is 2.19. The largest absolute Gasteiger partial charge is 0.508 e. The molecule has 68 valence electrons. The normalized spacial score (nSPS) is 9.62. The molecule has 0 heterocycles. The second kappa shape index (κ2) is 3.90. The predicted octanol–water partition coefficient (Wildman–Crippen LogP) is 2.30. The summed E-state index contributed by atoms with van der Waals surface area (Å²) in [7, 11) is 0. The number of halogens is 1. The van der Waals surface area contributed by atoms with Crippen molar-refractivity contribution in [2.45, 2.75) is 19.8 Å². The lowest BCUT2D eigenvalue weighted by atomic mass is 10.1. The molecule has 1 aromatic rings. The van der Waals surface area contributed by atoms with Gasteiger partial charge in [0.25, 0.3) is 0 Å². The summed E-state index contributed by atoms with van der Waals surface area (Å²) >= 11 is 0. The van der Waals surface area contributed by atoms with Crippen LogP contribution in [0.25, 0.3) is 0 Å². The lowest BCUT2D eigenvalue weighted by Crippen LogP contribution is -1.89. The van der Waals surface area contributed by atoms with E-state index in [-0.39, 0.29) is 11.3 Å².